The fraction of sp³-hybridized carbons (Fsp3) is 0.217. The molecular weight excluding hydrogens is 381 g/mol. The van der Waals surface area contributed by atoms with E-state index in [1.54, 1.807) is 24.3 Å². The summed E-state index contributed by atoms with van der Waals surface area (Å²) in [5, 5.41) is 20.5. The Bertz CT molecular complexity index is 896. The van der Waals surface area contributed by atoms with Crippen LogP contribution in [-0.2, 0) is 5.60 Å². The third-order valence-electron chi connectivity index (χ3n) is 4.75. The number of aliphatic hydroxyl groups is 2. The number of rotatable bonds is 7. The zero-order valence-electron chi connectivity index (χ0n) is 15.5. The lowest BCUT2D eigenvalue weighted by molar-refractivity contribution is -0.190. The largest absolute Gasteiger partial charge is 0.491 e. The molecule has 3 aromatic carbocycles. The average Bonchev–Trinajstić information content (AvgIpc) is 2.73. The van der Waals surface area contributed by atoms with Crippen LogP contribution in [0, 0.1) is 0 Å². The summed E-state index contributed by atoms with van der Waals surface area (Å²) >= 11 is 0. The van der Waals surface area contributed by atoms with Gasteiger partial charge in [-0.15, -0.1) is 0 Å². The van der Waals surface area contributed by atoms with E-state index in [-0.39, 0.29) is 29.9 Å². The molecule has 0 saturated heterocycles. The third-order valence-corrected chi connectivity index (χ3v) is 4.75. The van der Waals surface area contributed by atoms with E-state index >= 15 is 0 Å². The maximum absolute atomic E-state index is 14.3. The monoisotopic (exact) mass is 402 g/mol. The quantitative estimate of drug-likeness (QED) is 0.605. The summed E-state index contributed by atoms with van der Waals surface area (Å²) in [6, 6.07) is 21.0. The second kappa shape index (κ2) is 8.68. The van der Waals surface area contributed by atoms with Crippen molar-refractivity contribution in [1.29, 1.82) is 0 Å². The normalized spacial score (nSPS) is 14.8. The van der Waals surface area contributed by atoms with Crippen LogP contribution in [-0.4, -0.2) is 29.6 Å². The molecule has 2 atom stereocenters. The maximum Gasteiger partial charge on any atom is 0.399 e. The molecule has 3 aromatic rings. The molecule has 0 bridgehead atoms. The highest BCUT2D eigenvalue weighted by molar-refractivity contribution is 5.44. The van der Waals surface area contributed by atoms with Crippen molar-refractivity contribution in [3.8, 4) is 5.75 Å². The lowest BCUT2D eigenvalue weighted by Crippen LogP contribution is -2.42. The van der Waals surface area contributed by atoms with Gasteiger partial charge in [-0.1, -0.05) is 72.8 Å². The minimum absolute atomic E-state index is 0.0352. The van der Waals surface area contributed by atoms with Gasteiger partial charge in [0.2, 0.25) is 0 Å². The molecule has 0 heterocycles. The Hall–Kier alpha value is -2.83. The smallest absolute Gasteiger partial charge is 0.399 e. The van der Waals surface area contributed by atoms with Crippen LogP contribution in [0.15, 0.2) is 84.9 Å². The highest BCUT2D eigenvalue weighted by Gasteiger charge is 2.55. The summed E-state index contributed by atoms with van der Waals surface area (Å²) in [5.41, 5.74) is -2.16. The van der Waals surface area contributed by atoms with Crippen LogP contribution in [0.5, 0.6) is 5.75 Å². The number of benzene rings is 3. The standard InChI is InChI=1S/C23H21F3O3/c24-23(25,26)21(17-7-3-1-4-8-17)22(28,18-9-5-2-6-10-18)19-11-13-20(14-12-19)29-16-15-27/h1-14,21,27-28H,15-16H2. The molecule has 2 N–H and O–H groups in total. The lowest BCUT2D eigenvalue weighted by Gasteiger charge is -2.38. The number of halogens is 3. The summed E-state index contributed by atoms with van der Waals surface area (Å²) in [6.07, 6.45) is -4.71. The van der Waals surface area contributed by atoms with Gasteiger partial charge in [-0.2, -0.15) is 13.2 Å². The van der Waals surface area contributed by atoms with Crippen LogP contribution >= 0.6 is 0 Å². The Morgan fingerprint density at radius 1 is 0.759 bits per heavy atom. The van der Waals surface area contributed by atoms with Gasteiger partial charge in [-0.25, -0.2) is 0 Å². The number of aliphatic hydroxyl groups excluding tert-OH is 1. The van der Waals surface area contributed by atoms with Gasteiger partial charge < -0.3 is 14.9 Å². The topological polar surface area (TPSA) is 49.7 Å². The second-order valence-electron chi connectivity index (χ2n) is 6.61. The molecule has 0 aromatic heterocycles. The maximum atomic E-state index is 14.3. The first kappa shape index (κ1) is 20.9. The second-order valence-corrected chi connectivity index (χ2v) is 6.61. The molecule has 0 saturated carbocycles. The van der Waals surface area contributed by atoms with Crippen molar-refractivity contribution in [2.45, 2.75) is 17.7 Å². The van der Waals surface area contributed by atoms with Gasteiger partial charge in [-0.3, -0.25) is 0 Å². The molecule has 0 aliphatic rings. The number of hydrogen-bond acceptors (Lipinski definition) is 3. The molecular formula is C23H21F3O3. The number of ether oxygens (including phenoxy) is 1. The number of alkyl halides is 3. The molecule has 3 nitrogen and oxygen atoms in total. The van der Waals surface area contributed by atoms with Crippen molar-refractivity contribution in [3.63, 3.8) is 0 Å². The minimum atomic E-state index is -4.71. The van der Waals surface area contributed by atoms with E-state index in [9.17, 15) is 18.3 Å². The lowest BCUT2D eigenvalue weighted by atomic mass is 9.72. The van der Waals surface area contributed by atoms with Gasteiger partial charge >= 0.3 is 6.18 Å². The van der Waals surface area contributed by atoms with Crippen LogP contribution in [0.1, 0.15) is 22.6 Å². The molecule has 0 aliphatic heterocycles. The Kier molecular flexibility index (Phi) is 6.25. The molecule has 29 heavy (non-hydrogen) atoms. The summed E-state index contributed by atoms with van der Waals surface area (Å²) in [4.78, 5) is 0. The van der Waals surface area contributed by atoms with Gasteiger partial charge in [-0.05, 0) is 28.8 Å². The molecule has 2 unspecified atom stereocenters. The van der Waals surface area contributed by atoms with Crippen molar-refractivity contribution in [1.82, 2.24) is 0 Å². The molecule has 152 valence electrons. The van der Waals surface area contributed by atoms with Crippen LogP contribution in [0.2, 0.25) is 0 Å². The van der Waals surface area contributed by atoms with Gasteiger partial charge in [0.25, 0.3) is 0 Å². The van der Waals surface area contributed by atoms with Gasteiger partial charge in [0.15, 0.2) is 0 Å². The minimum Gasteiger partial charge on any atom is -0.491 e. The van der Waals surface area contributed by atoms with Crippen molar-refractivity contribution in [2.24, 2.45) is 0 Å². The van der Waals surface area contributed by atoms with E-state index in [0.29, 0.717) is 5.75 Å². The van der Waals surface area contributed by atoms with Crippen LogP contribution in [0.25, 0.3) is 0 Å². The van der Waals surface area contributed by atoms with E-state index < -0.39 is 17.7 Å². The fourth-order valence-corrected chi connectivity index (χ4v) is 3.47. The van der Waals surface area contributed by atoms with E-state index in [0.717, 1.165) is 0 Å². The molecule has 3 rings (SSSR count). The first-order valence-corrected chi connectivity index (χ1v) is 9.11. The Labute approximate surface area is 167 Å². The van der Waals surface area contributed by atoms with Crippen molar-refractivity contribution in [3.05, 3.63) is 102 Å². The van der Waals surface area contributed by atoms with Crippen molar-refractivity contribution in [2.75, 3.05) is 13.2 Å². The van der Waals surface area contributed by atoms with Crippen molar-refractivity contribution < 1.29 is 28.1 Å². The fourth-order valence-electron chi connectivity index (χ4n) is 3.47. The Morgan fingerprint density at radius 3 is 1.79 bits per heavy atom. The SMILES string of the molecule is OCCOc1ccc(C(O)(c2ccccc2)C(c2ccccc2)C(F)(F)F)cc1. The molecule has 0 aliphatic carbocycles. The third kappa shape index (κ3) is 4.44. The zero-order valence-corrected chi connectivity index (χ0v) is 15.5. The molecule has 0 radical (unpaired) electrons. The molecule has 6 heteroatoms. The van der Waals surface area contributed by atoms with Gasteiger partial charge in [0.05, 0.1) is 6.61 Å². The highest BCUT2D eigenvalue weighted by atomic mass is 19.4. The van der Waals surface area contributed by atoms with E-state index in [2.05, 4.69) is 0 Å². The van der Waals surface area contributed by atoms with Gasteiger partial charge in [0, 0.05) is 0 Å². The summed E-state index contributed by atoms with van der Waals surface area (Å²) in [6.45, 7) is -0.114. The summed E-state index contributed by atoms with van der Waals surface area (Å²) < 4.78 is 48.2. The first-order valence-electron chi connectivity index (χ1n) is 9.11. The zero-order chi connectivity index (χ0) is 20.9. The Balaban J connectivity index is 2.18. The van der Waals surface area contributed by atoms with Crippen LogP contribution in [0.3, 0.4) is 0 Å². The molecule has 0 fully saturated rings. The molecule has 0 amide bonds. The average molecular weight is 402 g/mol. The molecule has 0 spiro atoms. The Morgan fingerprint density at radius 2 is 1.28 bits per heavy atom. The first-order chi connectivity index (χ1) is 13.9. The summed E-state index contributed by atoms with van der Waals surface area (Å²) in [5.74, 6) is -1.79. The van der Waals surface area contributed by atoms with Crippen LogP contribution in [0.4, 0.5) is 13.2 Å². The summed E-state index contributed by atoms with van der Waals surface area (Å²) in [7, 11) is 0. The highest BCUT2D eigenvalue weighted by Crippen LogP contribution is 2.51. The predicted octanol–water partition coefficient (Wildman–Crippen LogP) is 4.64. The van der Waals surface area contributed by atoms with Gasteiger partial charge in [0.1, 0.15) is 23.9 Å². The predicted molar refractivity (Wildman–Crippen MR) is 104 cm³/mol. The van der Waals surface area contributed by atoms with E-state index in [1.807, 2.05) is 0 Å². The van der Waals surface area contributed by atoms with Crippen molar-refractivity contribution >= 4 is 0 Å². The van der Waals surface area contributed by atoms with E-state index in [1.165, 1.54) is 60.7 Å². The van der Waals surface area contributed by atoms with Crippen LogP contribution < -0.4 is 4.74 Å². The number of hydrogen-bond donors (Lipinski definition) is 2. The van der Waals surface area contributed by atoms with E-state index in [4.69, 9.17) is 9.84 Å².